The number of piperidine rings is 1. The van der Waals surface area contributed by atoms with Gasteiger partial charge in [0.25, 0.3) is 0 Å². The van der Waals surface area contributed by atoms with Crippen LogP contribution in [0.4, 0.5) is 11.4 Å². The number of hydrogen-bond acceptors (Lipinski definition) is 5. The van der Waals surface area contributed by atoms with Crippen molar-refractivity contribution in [3.63, 3.8) is 0 Å². The van der Waals surface area contributed by atoms with Crippen molar-refractivity contribution >= 4 is 23.4 Å². The number of likely N-dealkylation sites (tertiary alicyclic amines) is 1. The van der Waals surface area contributed by atoms with Gasteiger partial charge in [-0.25, -0.2) is 0 Å². The first-order valence-electron chi connectivity index (χ1n) is 11.5. The Hall–Kier alpha value is -2.99. The van der Waals surface area contributed by atoms with E-state index in [1.54, 1.807) is 12.2 Å². The number of carbonyl (C=O) groups is 1. The molecular formula is C26H33N3O3. The fraction of sp³-hybridized carbons (Fsp3) is 0.423. The lowest BCUT2D eigenvalue weighted by atomic mass is 10.0. The number of ether oxygens (including phenoxy) is 2. The lowest BCUT2D eigenvalue weighted by molar-refractivity contribution is -0.111. The Morgan fingerprint density at radius 3 is 2.72 bits per heavy atom. The van der Waals surface area contributed by atoms with Gasteiger partial charge in [0.2, 0.25) is 5.91 Å². The van der Waals surface area contributed by atoms with Gasteiger partial charge in [-0.05, 0) is 77.2 Å². The highest BCUT2D eigenvalue weighted by Crippen LogP contribution is 2.35. The average molecular weight is 436 g/mol. The van der Waals surface area contributed by atoms with Crippen molar-refractivity contribution in [2.24, 2.45) is 0 Å². The zero-order valence-electron chi connectivity index (χ0n) is 19.2. The van der Waals surface area contributed by atoms with Crippen molar-refractivity contribution in [2.45, 2.75) is 45.3 Å². The van der Waals surface area contributed by atoms with Crippen LogP contribution in [0.5, 0.6) is 11.5 Å². The fourth-order valence-corrected chi connectivity index (χ4v) is 4.30. The van der Waals surface area contributed by atoms with Gasteiger partial charge in [-0.1, -0.05) is 12.1 Å². The molecule has 6 nitrogen and oxygen atoms in total. The maximum atomic E-state index is 12.7. The summed E-state index contributed by atoms with van der Waals surface area (Å²) in [7, 11) is 2.15. The number of nitrogens with zero attached hydrogens (tertiary/aromatic N) is 1. The van der Waals surface area contributed by atoms with Gasteiger partial charge in [-0.15, -0.1) is 0 Å². The molecule has 1 saturated heterocycles. The molecule has 1 unspecified atom stereocenters. The summed E-state index contributed by atoms with van der Waals surface area (Å²) in [5.41, 5.74) is 3.74. The van der Waals surface area contributed by atoms with E-state index in [4.69, 9.17) is 9.47 Å². The van der Waals surface area contributed by atoms with Crippen LogP contribution in [-0.4, -0.2) is 49.7 Å². The molecule has 0 aliphatic carbocycles. The smallest absolute Gasteiger partial charge is 0.248 e. The molecule has 32 heavy (non-hydrogen) atoms. The number of nitrogens with one attached hydrogen (secondary N) is 2. The normalized spacial score (nSPS) is 18.9. The van der Waals surface area contributed by atoms with E-state index in [9.17, 15) is 4.79 Å². The Kier molecular flexibility index (Phi) is 7.00. The lowest BCUT2D eigenvalue weighted by Gasteiger charge is -2.30. The zero-order chi connectivity index (χ0) is 22.5. The molecule has 2 N–H and O–H groups in total. The minimum Gasteiger partial charge on any atom is -0.493 e. The van der Waals surface area contributed by atoms with Crippen LogP contribution >= 0.6 is 0 Å². The summed E-state index contributed by atoms with van der Waals surface area (Å²) in [5.74, 6) is 1.46. The number of para-hydroxylation sites is 2. The number of carbonyl (C=O) groups excluding carboxylic acids is 1. The summed E-state index contributed by atoms with van der Waals surface area (Å²) in [5, 5.41) is 6.62. The third-order valence-corrected chi connectivity index (χ3v) is 6.01. The van der Waals surface area contributed by atoms with Crippen LogP contribution < -0.4 is 20.1 Å². The predicted molar refractivity (Wildman–Crippen MR) is 130 cm³/mol. The van der Waals surface area contributed by atoms with Gasteiger partial charge in [-0.2, -0.15) is 0 Å². The highest BCUT2D eigenvalue weighted by atomic mass is 16.5. The first-order valence-corrected chi connectivity index (χ1v) is 11.5. The monoisotopic (exact) mass is 435 g/mol. The highest BCUT2D eigenvalue weighted by molar-refractivity contribution is 6.04. The van der Waals surface area contributed by atoms with E-state index in [-0.39, 0.29) is 12.0 Å². The van der Waals surface area contributed by atoms with Crippen LogP contribution in [0.25, 0.3) is 6.08 Å². The van der Waals surface area contributed by atoms with E-state index < -0.39 is 0 Å². The van der Waals surface area contributed by atoms with Crippen LogP contribution in [0, 0.1) is 0 Å². The van der Waals surface area contributed by atoms with Crippen LogP contribution in [0.2, 0.25) is 0 Å². The minimum atomic E-state index is -0.181. The molecule has 4 rings (SSSR count). The number of anilines is 2. The Morgan fingerprint density at radius 2 is 1.97 bits per heavy atom. The lowest BCUT2D eigenvalue weighted by Crippen LogP contribution is -2.36. The van der Waals surface area contributed by atoms with Crippen molar-refractivity contribution in [1.82, 2.24) is 4.90 Å². The first kappa shape index (κ1) is 22.2. The van der Waals surface area contributed by atoms with Gasteiger partial charge in [0.1, 0.15) is 17.6 Å². The van der Waals surface area contributed by atoms with Crippen molar-refractivity contribution in [2.75, 3.05) is 37.4 Å². The second kappa shape index (κ2) is 10.1. The molecule has 0 spiro atoms. The van der Waals surface area contributed by atoms with Gasteiger partial charge >= 0.3 is 0 Å². The molecule has 1 amide bonds. The zero-order valence-corrected chi connectivity index (χ0v) is 19.2. The van der Waals surface area contributed by atoms with Gasteiger partial charge in [-0.3, -0.25) is 4.79 Å². The molecule has 2 aromatic carbocycles. The summed E-state index contributed by atoms with van der Waals surface area (Å²) < 4.78 is 11.7. The predicted octanol–water partition coefficient (Wildman–Crippen LogP) is 4.57. The molecule has 6 heteroatoms. The van der Waals surface area contributed by atoms with E-state index in [1.165, 1.54) is 0 Å². The van der Waals surface area contributed by atoms with Gasteiger partial charge in [0, 0.05) is 29.7 Å². The molecular weight excluding hydrogens is 402 g/mol. The van der Waals surface area contributed by atoms with Gasteiger partial charge in [0.05, 0.1) is 18.0 Å². The third-order valence-electron chi connectivity index (χ3n) is 6.01. The standard InChI is InChI=1S/C26H33N3O3/c1-4-31-24-17-20-15-18(2)32-25(20)16-19(24)9-10-26(30)28-23-8-6-5-7-22(23)27-21-11-13-29(3)14-12-21/h5-10,16-18,21,27H,4,11-15H2,1-3H3,(H,28,30)/b10-9+. The SMILES string of the molecule is CCOc1cc2c(cc1/C=C/C(=O)Nc1ccccc1NC1CCN(C)CC1)OC(C)C2. The molecule has 2 heterocycles. The number of amides is 1. The largest absolute Gasteiger partial charge is 0.493 e. The maximum absolute atomic E-state index is 12.7. The van der Waals surface area contributed by atoms with E-state index in [1.807, 2.05) is 43.3 Å². The number of fused-ring (bicyclic) bond motifs is 1. The molecule has 0 bridgehead atoms. The van der Waals surface area contributed by atoms with E-state index in [0.717, 1.165) is 66.4 Å². The summed E-state index contributed by atoms with van der Waals surface area (Å²) in [6.45, 7) is 6.75. The van der Waals surface area contributed by atoms with Crippen LogP contribution in [-0.2, 0) is 11.2 Å². The number of hydrogen-bond donors (Lipinski definition) is 2. The van der Waals surface area contributed by atoms with Crippen molar-refractivity contribution in [3.8, 4) is 11.5 Å². The van der Waals surface area contributed by atoms with Crippen LogP contribution in [0.1, 0.15) is 37.8 Å². The molecule has 2 aromatic rings. The molecule has 0 aromatic heterocycles. The first-order chi connectivity index (χ1) is 15.5. The molecule has 1 fully saturated rings. The summed E-state index contributed by atoms with van der Waals surface area (Å²) in [6.07, 6.45) is 6.57. The van der Waals surface area contributed by atoms with Crippen molar-refractivity contribution < 1.29 is 14.3 Å². The van der Waals surface area contributed by atoms with Crippen molar-refractivity contribution in [1.29, 1.82) is 0 Å². The fourth-order valence-electron chi connectivity index (χ4n) is 4.30. The topological polar surface area (TPSA) is 62.8 Å². The Balaban J connectivity index is 1.45. The number of benzene rings is 2. The highest BCUT2D eigenvalue weighted by Gasteiger charge is 2.21. The Bertz CT molecular complexity index is 980. The Labute approximate surface area is 190 Å². The quantitative estimate of drug-likeness (QED) is 0.624. The Morgan fingerprint density at radius 1 is 1.22 bits per heavy atom. The summed E-state index contributed by atoms with van der Waals surface area (Å²) in [4.78, 5) is 15.1. The molecule has 170 valence electrons. The summed E-state index contributed by atoms with van der Waals surface area (Å²) in [6, 6.07) is 12.3. The second-order valence-corrected chi connectivity index (χ2v) is 8.65. The molecule has 2 aliphatic heterocycles. The second-order valence-electron chi connectivity index (χ2n) is 8.65. The minimum absolute atomic E-state index is 0.163. The van der Waals surface area contributed by atoms with E-state index in [0.29, 0.717) is 12.6 Å². The molecule has 2 aliphatic rings. The van der Waals surface area contributed by atoms with Gasteiger partial charge < -0.3 is 25.0 Å². The molecule has 0 saturated carbocycles. The molecule has 1 atom stereocenters. The van der Waals surface area contributed by atoms with E-state index >= 15 is 0 Å². The third kappa shape index (κ3) is 5.43. The number of rotatable bonds is 7. The average Bonchev–Trinajstić information content (AvgIpc) is 3.14. The van der Waals surface area contributed by atoms with Crippen LogP contribution in [0.15, 0.2) is 42.5 Å². The van der Waals surface area contributed by atoms with Crippen molar-refractivity contribution in [3.05, 3.63) is 53.6 Å². The summed E-state index contributed by atoms with van der Waals surface area (Å²) >= 11 is 0. The van der Waals surface area contributed by atoms with Gasteiger partial charge in [0.15, 0.2) is 0 Å². The van der Waals surface area contributed by atoms with Crippen LogP contribution in [0.3, 0.4) is 0 Å². The molecule has 0 radical (unpaired) electrons. The maximum Gasteiger partial charge on any atom is 0.248 e. The van der Waals surface area contributed by atoms with E-state index in [2.05, 4.69) is 29.5 Å².